The molecule has 1 saturated carbocycles. The van der Waals surface area contributed by atoms with Crippen molar-refractivity contribution >= 4 is 0 Å². The third kappa shape index (κ3) is 2.27. The summed E-state index contributed by atoms with van der Waals surface area (Å²) in [6.07, 6.45) is 5.13. The fourth-order valence-electron chi connectivity index (χ4n) is 2.63. The van der Waals surface area contributed by atoms with Crippen LogP contribution in [0.1, 0.15) is 32.6 Å². The predicted molar refractivity (Wildman–Crippen MR) is 55.2 cm³/mol. The summed E-state index contributed by atoms with van der Waals surface area (Å²) in [5.41, 5.74) is 0. The second-order valence-corrected chi connectivity index (χ2v) is 4.71. The smallest absolute Gasteiger partial charge is 0.0948 e. The molecule has 82 valence electrons. The number of aliphatic hydroxyl groups is 1. The van der Waals surface area contributed by atoms with Crippen molar-refractivity contribution in [3.05, 3.63) is 0 Å². The molecule has 1 aliphatic heterocycles. The van der Waals surface area contributed by atoms with Gasteiger partial charge in [0.05, 0.1) is 25.4 Å². The zero-order valence-electron chi connectivity index (χ0n) is 8.91. The van der Waals surface area contributed by atoms with Crippen LogP contribution in [0.15, 0.2) is 0 Å². The average Bonchev–Trinajstić information content (AvgIpc) is 2.77. The normalized spacial score (nSPS) is 36.4. The van der Waals surface area contributed by atoms with E-state index in [-0.39, 0.29) is 12.1 Å². The molecule has 3 atom stereocenters. The van der Waals surface area contributed by atoms with Crippen molar-refractivity contribution in [2.24, 2.45) is 5.92 Å². The highest BCUT2D eigenvalue weighted by molar-refractivity contribution is 4.86. The van der Waals surface area contributed by atoms with E-state index in [4.69, 9.17) is 4.74 Å². The molecule has 3 heteroatoms. The van der Waals surface area contributed by atoms with Gasteiger partial charge in [0.1, 0.15) is 0 Å². The summed E-state index contributed by atoms with van der Waals surface area (Å²) in [5.74, 6) is 0.808. The van der Waals surface area contributed by atoms with Crippen LogP contribution in [0.25, 0.3) is 0 Å². The largest absolute Gasteiger partial charge is 0.389 e. The first-order chi connectivity index (χ1) is 6.77. The van der Waals surface area contributed by atoms with Gasteiger partial charge in [0.25, 0.3) is 0 Å². The van der Waals surface area contributed by atoms with Crippen molar-refractivity contribution in [2.45, 2.75) is 50.8 Å². The number of hydrogen-bond donors (Lipinski definition) is 2. The number of rotatable bonds is 3. The number of ether oxygens (including phenoxy) is 1. The molecule has 3 nitrogen and oxygen atoms in total. The molecule has 2 unspecified atom stereocenters. The molecule has 1 aliphatic carbocycles. The molecular formula is C11H21NO2. The van der Waals surface area contributed by atoms with Crippen molar-refractivity contribution in [1.82, 2.24) is 5.32 Å². The van der Waals surface area contributed by atoms with Crippen LogP contribution in [0.2, 0.25) is 0 Å². The van der Waals surface area contributed by atoms with E-state index >= 15 is 0 Å². The van der Waals surface area contributed by atoms with Gasteiger partial charge >= 0.3 is 0 Å². The third-order valence-electron chi connectivity index (χ3n) is 3.63. The van der Waals surface area contributed by atoms with Crippen LogP contribution < -0.4 is 5.32 Å². The minimum atomic E-state index is -0.307. The Balaban J connectivity index is 1.78. The van der Waals surface area contributed by atoms with Crippen LogP contribution in [0, 0.1) is 5.92 Å². The minimum absolute atomic E-state index is 0.158. The van der Waals surface area contributed by atoms with Crippen molar-refractivity contribution in [1.29, 1.82) is 0 Å². The Morgan fingerprint density at radius 1 is 1.29 bits per heavy atom. The van der Waals surface area contributed by atoms with E-state index in [9.17, 15) is 5.11 Å². The maximum absolute atomic E-state index is 9.59. The third-order valence-corrected chi connectivity index (χ3v) is 3.63. The topological polar surface area (TPSA) is 41.5 Å². The first kappa shape index (κ1) is 10.4. The van der Waals surface area contributed by atoms with Gasteiger partial charge in [-0.25, -0.2) is 0 Å². The Bertz CT molecular complexity index is 180. The lowest BCUT2D eigenvalue weighted by Crippen LogP contribution is -2.46. The summed E-state index contributed by atoms with van der Waals surface area (Å²) in [5, 5.41) is 13.1. The minimum Gasteiger partial charge on any atom is -0.389 e. The lowest BCUT2D eigenvalue weighted by atomic mass is 9.98. The predicted octanol–water partition coefficient (Wildman–Crippen LogP) is 0.914. The van der Waals surface area contributed by atoms with Crippen LogP contribution in [0.5, 0.6) is 0 Å². The molecule has 0 amide bonds. The van der Waals surface area contributed by atoms with Gasteiger partial charge in [0, 0.05) is 6.04 Å². The first-order valence-corrected chi connectivity index (χ1v) is 5.79. The van der Waals surface area contributed by atoms with E-state index in [2.05, 4.69) is 12.2 Å². The Morgan fingerprint density at radius 3 is 2.57 bits per heavy atom. The van der Waals surface area contributed by atoms with Crippen LogP contribution in [-0.4, -0.2) is 36.5 Å². The Labute approximate surface area is 85.8 Å². The highest BCUT2D eigenvalue weighted by atomic mass is 16.5. The molecule has 14 heavy (non-hydrogen) atoms. The SMILES string of the molecule is C[C@H](NC1COCC1O)C1CCCC1. The van der Waals surface area contributed by atoms with Crippen molar-refractivity contribution in [2.75, 3.05) is 13.2 Å². The monoisotopic (exact) mass is 199 g/mol. The van der Waals surface area contributed by atoms with Gasteiger partial charge in [-0.05, 0) is 25.7 Å². The molecule has 0 aromatic carbocycles. The summed E-state index contributed by atoms with van der Waals surface area (Å²) >= 11 is 0. The van der Waals surface area contributed by atoms with Gasteiger partial charge in [-0.2, -0.15) is 0 Å². The maximum atomic E-state index is 9.59. The summed E-state index contributed by atoms with van der Waals surface area (Å²) in [4.78, 5) is 0. The highest BCUT2D eigenvalue weighted by Crippen LogP contribution is 2.28. The summed E-state index contributed by atoms with van der Waals surface area (Å²) in [6, 6.07) is 0.685. The average molecular weight is 199 g/mol. The molecule has 0 aromatic heterocycles. The number of hydrogen-bond acceptors (Lipinski definition) is 3. The zero-order chi connectivity index (χ0) is 9.97. The molecular weight excluding hydrogens is 178 g/mol. The molecule has 2 rings (SSSR count). The summed E-state index contributed by atoms with van der Waals surface area (Å²) in [7, 11) is 0. The van der Waals surface area contributed by atoms with E-state index in [1.165, 1.54) is 25.7 Å². The lowest BCUT2D eigenvalue weighted by molar-refractivity contribution is 0.120. The standard InChI is InChI=1S/C11H21NO2/c1-8(9-4-2-3-5-9)12-10-6-14-7-11(10)13/h8-13H,2-7H2,1H3/t8-,10?,11?/m0/s1. The fourth-order valence-corrected chi connectivity index (χ4v) is 2.63. The second kappa shape index (κ2) is 4.60. The van der Waals surface area contributed by atoms with E-state index in [1.807, 2.05) is 0 Å². The molecule has 2 N–H and O–H groups in total. The van der Waals surface area contributed by atoms with Gasteiger partial charge in [-0.1, -0.05) is 12.8 Å². The van der Waals surface area contributed by atoms with E-state index < -0.39 is 0 Å². The summed E-state index contributed by atoms with van der Waals surface area (Å²) < 4.78 is 5.22. The van der Waals surface area contributed by atoms with Crippen LogP contribution >= 0.6 is 0 Å². The molecule has 1 heterocycles. The molecule has 0 aromatic rings. The van der Waals surface area contributed by atoms with Crippen LogP contribution in [0.3, 0.4) is 0 Å². The summed E-state index contributed by atoms with van der Waals surface area (Å²) in [6.45, 7) is 3.40. The molecule has 2 fully saturated rings. The van der Waals surface area contributed by atoms with Crippen molar-refractivity contribution < 1.29 is 9.84 Å². The Hall–Kier alpha value is -0.120. The molecule has 0 radical (unpaired) electrons. The van der Waals surface area contributed by atoms with Gasteiger partial charge in [-0.15, -0.1) is 0 Å². The van der Waals surface area contributed by atoms with Crippen LogP contribution in [-0.2, 0) is 4.74 Å². The number of nitrogens with one attached hydrogen (secondary N) is 1. The van der Waals surface area contributed by atoms with E-state index in [0.717, 1.165) is 5.92 Å². The molecule has 1 saturated heterocycles. The molecule has 0 bridgehead atoms. The van der Waals surface area contributed by atoms with Gasteiger partial charge in [0.2, 0.25) is 0 Å². The van der Waals surface area contributed by atoms with E-state index in [0.29, 0.717) is 19.3 Å². The molecule has 2 aliphatic rings. The first-order valence-electron chi connectivity index (χ1n) is 5.79. The number of aliphatic hydroxyl groups excluding tert-OH is 1. The lowest BCUT2D eigenvalue weighted by Gasteiger charge is -2.25. The second-order valence-electron chi connectivity index (χ2n) is 4.71. The van der Waals surface area contributed by atoms with Gasteiger partial charge < -0.3 is 15.2 Å². The van der Waals surface area contributed by atoms with Gasteiger partial charge in [0.15, 0.2) is 0 Å². The van der Waals surface area contributed by atoms with Crippen LogP contribution in [0.4, 0.5) is 0 Å². The van der Waals surface area contributed by atoms with Crippen molar-refractivity contribution in [3.8, 4) is 0 Å². The highest BCUT2D eigenvalue weighted by Gasteiger charge is 2.30. The zero-order valence-corrected chi connectivity index (χ0v) is 8.91. The van der Waals surface area contributed by atoms with E-state index in [1.54, 1.807) is 0 Å². The quantitative estimate of drug-likeness (QED) is 0.710. The Morgan fingerprint density at radius 2 is 2.00 bits per heavy atom. The molecule has 0 spiro atoms. The Kier molecular flexibility index (Phi) is 3.42. The van der Waals surface area contributed by atoms with Gasteiger partial charge in [-0.3, -0.25) is 0 Å². The fraction of sp³-hybridized carbons (Fsp3) is 1.00. The van der Waals surface area contributed by atoms with Crippen molar-refractivity contribution in [3.63, 3.8) is 0 Å². The maximum Gasteiger partial charge on any atom is 0.0948 e.